The first-order chi connectivity index (χ1) is 4.18. The third kappa shape index (κ3) is 0.920. The number of carbonyl (C=O) groups is 1. The van der Waals surface area contributed by atoms with Gasteiger partial charge in [-0.1, -0.05) is 0 Å². The number of nitrogens with zero attached hydrogens (tertiary/aromatic N) is 1. The summed E-state index contributed by atoms with van der Waals surface area (Å²) in [7, 11) is 3.33. The lowest BCUT2D eigenvalue weighted by Gasteiger charge is -1.92. The lowest BCUT2D eigenvalue weighted by atomic mass is 10.3. The van der Waals surface area contributed by atoms with Crippen LogP contribution < -0.4 is 0 Å². The number of rotatable bonds is 1. The summed E-state index contributed by atoms with van der Waals surface area (Å²) >= 11 is 0. The largest absolute Gasteiger partial charge is 0.468 e. The SMILES string of the molecule is COC(=O)[C@H]1[C@@H](C)N1C. The average Bonchev–Trinajstić information content (AvgIpc) is 2.40. The highest BCUT2D eigenvalue weighted by Gasteiger charge is 2.47. The lowest BCUT2D eigenvalue weighted by molar-refractivity contribution is -0.140. The van der Waals surface area contributed by atoms with Crippen molar-refractivity contribution in [2.75, 3.05) is 14.2 Å². The summed E-state index contributed by atoms with van der Waals surface area (Å²) in [6.07, 6.45) is 0. The van der Waals surface area contributed by atoms with Gasteiger partial charge in [-0.2, -0.15) is 0 Å². The van der Waals surface area contributed by atoms with E-state index in [1.165, 1.54) is 7.11 Å². The number of methoxy groups -OCH3 is 1. The highest BCUT2D eigenvalue weighted by molar-refractivity contribution is 5.79. The van der Waals surface area contributed by atoms with E-state index in [4.69, 9.17) is 0 Å². The maximum Gasteiger partial charge on any atom is 0.324 e. The Bertz CT molecular complexity index is 127. The van der Waals surface area contributed by atoms with Crippen molar-refractivity contribution in [1.82, 2.24) is 4.90 Å². The zero-order valence-electron chi connectivity index (χ0n) is 5.92. The predicted octanol–water partition coefficient (Wildman–Crippen LogP) is -0.138. The molecule has 0 aromatic carbocycles. The van der Waals surface area contributed by atoms with Gasteiger partial charge in [-0.3, -0.25) is 9.69 Å². The van der Waals surface area contributed by atoms with Crippen LogP contribution in [0, 0.1) is 0 Å². The molecule has 0 aromatic rings. The first-order valence-corrected chi connectivity index (χ1v) is 2.98. The summed E-state index contributed by atoms with van der Waals surface area (Å²) in [6, 6.07) is 0.396. The number of ether oxygens (including phenoxy) is 1. The van der Waals surface area contributed by atoms with Gasteiger partial charge in [0.05, 0.1) is 7.11 Å². The second kappa shape index (κ2) is 1.99. The van der Waals surface area contributed by atoms with Crippen LogP contribution in [0.25, 0.3) is 0 Å². The lowest BCUT2D eigenvalue weighted by Crippen LogP contribution is -2.12. The molecule has 3 atom stereocenters. The molecule has 1 aliphatic heterocycles. The van der Waals surface area contributed by atoms with Crippen LogP contribution in [-0.2, 0) is 9.53 Å². The van der Waals surface area contributed by atoms with Crippen molar-refractivity contribution in [2.24, 2.45) is 0 Å². The summed E-state index contributed by atoms with van der Waals surface area (Å²) in [5, 5.41) is 0. The van der Waals surface area contributed by atoms with Crippen LogP contribution in [0.4, 0.5) is 0 Å². The van der Waals surface area contributed by atoms with E-state index in [-0.39, 0.29) is 12.0 Å². The third-order valence-electron chi connectivity index (χ3n) is 1.89. The highest BCUT2D eigenvalue weighted by Crippen LogP contribution is 2.25. The third-order valence-corrected chi connectivity index (χ3v) is 1.89. The monoisotopic (exact) mass is 129 g/mol. The van der Waals surface area contributed by atoms with Crippen LogP contribution in [-0.4, -0.2) is 37.1 Å². The van der Waals surface area contributed by atoms with Gasteiger partial charge in [-0.25, -0.2) is 0 Å². The van der Waals surface area contributed by atoms with E-state index < -0.39 is 0 Å². The number of hydrogen-bond acceptors (Lipinski definition) is 3. The maximum absolute atomic E-state index is 10.7. The zero-order chi connectivity index (χ0) is 7.02. The Balaban J connectivity index is 2.40. The molecule has 0 amide bonds. The van der Waals surface area contributed by atoms with Crippen molar-refractivity contribution in [3.8, 4) is 0 Å². The summed E-state index contributed by atoms with van der Waals surface area (Å²) in [5.74, 6) is -0.120. The van der Waals surface area contributed by atoms with Gasteiger partial charge in [-0.15, -0.1) is 0 Å². The number of esters is 1. The molecule has 1 aliphatic rings. The Morgan fingerprint density at radius 1 is 1.67 bits per heavy atom. The number of carbonyl (C=O) groups excluding carboxylic acids is 1. The van der Waals surface area contributed by atoms with E-state index in [1.54, 1.807) is 0 Å². The van der Waals surface area contributed by atoms with Gasteiger partial charge >= 0.3 is 5.97 Å². The van der Waals surface area contributed by atoms with Crippen molar-refractivity contribution in [1.29, 1.82) is 0 Å². The van der Waals surface area contributed by atoms with Crippen molar-refractivity contribution < 1.29 is 9.53 Å². The standard InChI is InChI=1S/C6H11NO2/c1-4-5(7(4)2)6(8)9-3/h4-5H,1-3H3/t4-,5-,7?/m1/s1. The fourth-order valence-corrected chi connectivity index (χ4v) is 0.978. The molecule has 1 fully saturated rings. The summed E-state index contributed by atoms with van der Waals surface area (Å²) in [4.78, 5) is 12.7. The fraction of sp³-hybridized carbons (Fsp3) is 0.833. The van der Waals surface area contributed by atoms with Gasteiger partial charge in [0, 0.05) is 6.04 Å². The fourth-order valence-electron chi connectivity index (χ4n) is 0.978. The van der Waals surface area contributed by atoms with Crippen LogP contribution >= 0.6 is 0 Å². The molecule has 0 N–H and O–H groups in total. The first-order valence-electron chi connectivity index (χ1n) is 2.98. The van der Waals surface area contributed by atoms with Crippen LogP contribution in [0.5, 0.6) is 0 Å². The molecule has 3 heteroatoms. The predicted molar refractivity (Wildman–Crippen MR) is 33.0 cm³/mol. The molecule has 0 bridgehead atoms. The molecule has 1 rings (SSSR count). The molecule has 1 heterocycles. The molecule has 0 saturated carbocycles. The molecule has 1 saturated heterocycles. The van der Waals surface area contributed by atoms with Crippen molar-refractivity contribution in [2.45, 2.75) is 19.0 Å². The van der Waals surface area contributed by atoms with E-state index in [1.807, 2.05) is 18.9 Å². The molecule has 1 unspecified atom stereocenters. The Kier molecular flexibility index (Phi) is 1.45. The van der Waals surface area contributed by atoms with Crippen molar-refractivity contribution in [3.05, 3.63) is 0 Å². The van der Waals surface area contributed by atoms with Gasteiger partial charge in [0.1, 0.15) is 6.04 Å². The van der Waals surface area contributed by atoms with Crippen molar-refractivity contribution in [3.63, 3.8) is 0 Å². The molecule has 0 radical (unpaired) electrons. The minimum absolute atomic E-state index is 0.0231. The van der Waals surface area contributed by atoms with Crippen LogP contribution in [0.1, 0.15) is 6.92 Å². The van der Waals surface area contributed by atoms with Crippen molar-refractivity contribution >= 4 is 5.97 Å². The topological polar surface area (TPSA) is 29.3 Å². The van der Waals surface area contributed by atoms with E-state index in [2.05, 4.69) is 4.74 Å². The van der Waals surface area contributed by atoms with Gasteiger partial charge in [0.15, 0.2) is 0 Å². The molecule has 0 aromatic heterocycles. The number of hydrogen-bond donors (Lipinski definition) is 0. The highest BCUT2D eigenvalue weighted by atomic mass is 16.5. The first kappa shape index (κ1) is 6.55. The van der Waals surface area contributed by atoms with Gasteiger partial charge in [0.2, 0.25) is 0 Å². The second-order valence-corrected chi connectivity index (χ2v) is 2.37. The zero-order valence-corrected chi connectivity index (χ0v) is 5.92. The smallest absolute Gasteiger partial charge is 0.324 e. The minimum Gasteiger partial charge on any atom is -0.468 e. The maximum atomic E-state index is 10.7. The Morgan fingerprint density at radius 3 is 2.22 bits per heavy atom. The molecule has 9 heavy (non-hydrogen) atoms. The van der Waals surface area contributed by atoms with Gasteiger partial charge in [0.25, 0.3) is 0 Å². The normalized spacial score (nSPS) is 40.1. The summed E-state index contributed by atoms with van der Waals surface area (Å²) in [5.41, 5.74) is 0. The molecule has 0 spiro atoms. The Hall–Kier alpha value is -0.570. The molecular formula is C6H11NO2. The molecule has 52 valence electrons. The van der Waals surface area contributed by atoms with E-state index in [0.29, 0.717) is 6.04 Å². The van der Waals surface area contributed by atoms with E-state index in [0.717, 1.165) is 0 Å². The molecule has 3 nitrogen and oxygen atoms in total. The second-order valence-electron chi connectivity index (χ2n) is 2.37. The average molecular weight is 129 g/mol. The minimum atomic E-state index is -0.120. The quantitative estimate of drug-likeness (QED) is 0.364. The Labute approximate surface area is 54.6 Å². The molecular weight excluding hydrogens is 118 g/mol. The van der Waals surface area contributed by atoms with Crippen LogP contribution in [0.2, 0.25) is 0 Å². The van der Waals surface area contributed by atoms with E-state index in [9.17, 15) is 4.79 Å². The summed E-state index contributed by atoms with van der Waals surface area (Å²) < 4.78 is 4.53. The van der Waals surface area contributed by atoms with Gasteiger partial charge in [-0.05, 0) is 14.0 Å². The summed E-state index contributed by atoms with van der Waals surface area (Å²) in [6.45, 7) is 2.00. The number of likely N-dealkylation sites (N-methyl/N-ethyl adjacent to an activating group) is 1. The van der Waals surface area contributed by atoms with Crippen LogP contribution in [0.3, 0.4) is 0 Å². The Morgan fingerprint density at radius 2 is 2.11 bits per heavy atom. The van der Waals surface area contributed by atoms with Gasteiger partial charge < -0.3 is 4.74 Å². The van der Waals surface area contributed by atoms with Crippen LogP contribution in [0.15, 0.2) is 0 Å². The van der Waals surface area contributed by atoms with E-state index >= 15 is 0 Å². The molecule has 0 aliphatic carbocycles.